The van der Waals surface area contributed by atoms with Gasteiger partial charge < -0.3 is 11.1 Å². The van der Waals surface area contributed by atoms with Crippen molar-refractivity contribution in [1.29, 1.82) is 0 Å². The molecule has 0 radical (unpaired) electrons. The van der Waals surface area contributed by atoms with Gasteiger partial charge in [0.05, 0.1) is 0 Å². The molecule has 0 saturated heterocycles. The fraction of sp³-hybridized carbons (Fsp3) is 0.0667. The van der Waals surface area contributed by atoms with Crippen molar-refractivity contribution >= 4 is 29.1 Å². The topological polar surface area (TPSA) is 72.2 Å². The Bertz CT molecular complexity index is 683. The van der Waals surface area contributed by atoms with E-state index >= 15 is 0 Å². The molecule has 0 fully saturated rings. The van der Waals surface area contributed by atoms with Crippen molar-refractivity contribution in [1.82, 2.24) is 0 Å². The van der Waals surface area contributed by atoms with Gasteiger partial charge in [0.15, 0.2) is 0 Å². The molecular weight excluding hydrogens is 276 g/mol. The van der Waals surface area contributed by atoms with E-state index in [9.17, 15) is 9.59 Å². The number of nitrogens with one attached hydrogen (secondary N) is 1. The van der Waals surface area contributed by atoms with E-state index < -0.39 is 5.91 Å². The maximum absolute atomic E-state index is 12.1. The Morgan fingerprint density at radius 1 is 1.10 bits per heavy atom. The van der Waals surface area contributed by atoms with Gasteiger partial charge in [0, 0.05) is 21.8 Å². The van der Waals surface area contributed by atoms with Crippen LogP contribution in [0.5, 0.6) is 0 Å². The summed E-state index contributed by atoms with van der Waals surface area (Å²) in [5.41, 5.74) is 7.46. The average molecular weight is 289 g/mol. The second-order valence-electron chi connectivity index (χ2n) is 4.36. The van der Waals surface area contributed by atoms with Gasteiger partial charge in [-0.15, -0.1) is 0 Å². The molecule has 0 aliphatic carbocycles. The Morgan fingerprint density at radius 2 is 1.85 bits per heavy atom. The molecule has 2 aromatic carbocycles. The van der Waals surface area contributed by atoms with Gasteiger partial charge in [-0.05, 0) is 48.9 Å². The number of benzene rings is 2. The number of primary amides is 1. The van der Waals surface area contributed by atoms with Crippen LogP contribution in [0.1, 0.15) is 26.3 Å². The molecular formula is C15H13ClN2O2. The minimum atomic E-state index is -0.499. The summed E-state index contributed by atoms with van der Waals surface area (Å²) < 4.78 is 0. The van der Waals surface area contributed by atoms with E-state index in [1.165, 1.54) is 0 Å². The third kappa shape index (κ3) is 3.16. The van der Waals surface area contributed by atoms with Gasteiger partial charge in [-0.1, -0.05) is 17.7 Å². The first-order chi connectivity index (χ1) is 9.47. The number of anilines is 1. The summed E-state index contributed by atoms with van der Waals surface area (Å²) in [7, 11) is 0. The summed E-state index contributed by atoms with van der Waals surface area (Å²) in [5.74, 6) is -0.761. The molecule has 2 amide bonds. The van der Waals surface area contributed by atoms with Crippen molar-refractivity contribution in [2.75, 3.05) is 5.32 Å². The minimum Gasteiger partial charge on any atom is -0.366 e. The second kappa shape index (κ2) is 5.75. The van der Waals surface area contributed by atoms with Crippen molar-refractivity contribution in [3.63, 3.8) is 0 Å². The van der Waals surface area contributed by atoms with Crippen LogP contribution in [0.25, 0.3) is 0 Å². The summed E-state index contributed by atoms with van der Waals surface area (Å²) in [6.07, 6.45) is 0. The first-order valence-corrected chi connectivity index (χ1v) is 6.32. The van der Waals surface area contributed by atoms with Crippen LogP contribution in [0, 0.1) is 6.92 Å². The van der Waals surface area contributed by atoms with E-state index in [4.69, 9.17) is 17.3 Å². The third-order valence-corrected chi connectivity index (χ3v) is 3.08. The third-order valence-electron chi connectivity index (χ3n) is 2.85. The van der Waals surface area contributed by atoms with Crippen LogP contribution < -0.4 is 11.1 Å². The zero-order valence-electron chi connectivity index (χ0n) is 10.8. The standard InChI is InChI=1S/C15H13ClN2O2/c1-9-7-10(14(17)19)5-6-13(9)18-15(20)11-3-2-4-12(16)8-11/h2-8H,1H3,(H2,17,19)(H,18,20). The molecule has 0 atom stereocenters. The van der Waals surface area contributed by atoms with E-state index in [0.717, 1.165) is 5.56 Å². The highest BCUT2D eigenvalue weighted by Crippen LogP contribution is 2.18. The zero-order valence-corrected chi connectivity index (χ0v) is 11.6. The molecule has 0 saturated carbocycles. The van der Waals surface area contributed by atoms with Crippen molar-refractivity contribution in [2.24, 2.45) is 5.73 Å². The van der Waals surface area contributed by atoms with E-state index in [1.54, 1.807) is 49.4 Å². The molecule has 0 heterocycles. The number of hydrogen-bond donors (Lipinski definition) is 2. The molecule has 0 spiro atoms. The molecule has 2 aromatic rings. The van der Waals surface area contributed by atoms with Gasteiger partial charge in [0.2, 0.25) is 5.91 Å². The minimum absolute atomic E-state index is 0.262. The summed E-state index contributed by atoms with van der Waals surface area (Å²) in [5, 5.41) is 3.27. The fourth-order valence-electron chi connectivity index (χ4n) is 1.78. The van der Waals surface area contributed by atoms with Crippen LogP contribution in [0.15, 0.2) is 42.5 Å². The lowest BCUT2D eigenvalue weighted by atomic mass is 10.1. The highest BCUT2D eigenvalue weighted by atomic mass is 35.5. The Kier molecular flexibility index (Phi) is 4.05. The molecule has 4 nitrogen and oxygen atoms in total. The molecule has 0 aromatic heterocycles. The smallest absolute Gasteiger partial charge is 0.255 e. The highest BCUT2D eigenvalue weighted by Gasteiger charge is 2.09. The van der Waals surface area contributed by atoms with Gasteiger partial charge in [0.1, 0.15) is 0 Å². The number of rotatable bonds is 3. The molecule has 0 bridgehead atoms. The van der Waals surface area contributed by atoms with Gasteiger partial charge in [0.25, 0.3) is 5.91 Å². The lowest BCUT2D eigenvalue weighted by Gasteiger charge is -2.09. The molecule has 2 rings (SSSR count). The normalized spacial score (nSPS) is 10.1. The number of carbonyl (C=O) groups is 2. The summed E-state index contributed by atoms with van der Waals surface area (Å²) in [6.45, 7) is 1.79. The number of hydrogen-bond acceptors (Lipinski definition) is 2. The van der Waals surface area contributed by atoms with Crippen molar-refractivity contribution in [3.8, 4) is 0 Å². The van der Waals surface area contributed by atoms with Crippen LogP contribution in [-0.2, 0) is 0 Å². The van der Waals surface area contributed by atoms with Crippen LogP contribution in [0.3, 0.4) is 0 Å². The predicted octanol–water partition coefficient (Wildman–Crippen LogP) is 3.00. The highest BCUT2D eigenvalue weighted by molar-refractivity contribution is 6.31. The second-order valence-corrected chi connectivity index (χ2v) is 4.79. The number of carbonyl (C=O) groups excluding carboxylic acids is 2. The lowest BCUT2D eigenvalue weighted by Crippen LogP contribution is -2.14. The van der Waals surface area contributed by atoms with E-state index in [2.05, 4.69) is 5.32 Å². The first kappa shape index (κ1) is 14.1. The molecule has 5 heteroatoms. The van der Waals surface area contributed by atoms with Gasteiger partial charge in [-0.25, -0.2) is 0 Å². The van der Waals surface area contributed by atoms with Crippen molar-refractivity contribution in [2.45, 2.75) is 6.92 Å². The summed E-state index contributed by atoms with van der Waals surface area (Å²) >= 11 is 5.85. The van der Waals surface area contributed by atoms with Crippen LogP contribution in [-0.4, -0.2) is 11.8 Å². The Labute approximate surface area is 121 Å². The van der Waals surface area contributed by atoms with Crippen molar-refractivity contribution in [3.05, 3.63) is 64.2 Å². The lowest BCUT2D eigenvalue weighted by molar-refractivity contribution is 0.0998. The molecule has 0 unspecified atom stereocenters. The summed E-state index contributed by atoms with van der Waals surface area (Å²) in [4.78, 5) is 23.1. The SMILES string of the molecule is Cc1cc(C(N)=O)ccc1NC(=O)c1cccc(Cl)c1. The van der Waals surface area contributed by atoms with Gasteiger partial charge >= 0.3 is 0 Å². The summed E-state index contributed by atoms with van der Waals surface area (Å²) in [6, 6.07) is 11.5. The molecule has 20 heavy (non-hydrogen) atoms. The van der Waals surface area contributed by atoms with E-state index in [0.29, 0.717) is 21.8 Å². The van der Waals surface area contributed by atoms with Crippen LogP contribution in [0.2, 0.25) is 5.02 Å². The molecule has 0 aliphatic heterocycles. The molecule has 102 valence electrons. The first-order valence-electron chi connectivity index (χ1n) is 5.95. The van der Waals surface area contributed by atoms with Gasteiger partial charge in [-0.2, -0.15) is 0 Å². The maximum atomic E-state index is 12.1. The van der Waals surface area contributed by atoms with Crippen LogP contribution in [0.4, 0.5) is 5.69 Å². The maximum Gasteiger partial charge on any atom is 0.255 e. The monoisotopic (exact) mass is 288 g/mol. The quantitative estimate of drug-likeness (QED) is 0.911. The number of nitrogens with two attached hydrogens (primary N) is 1. The molecule has 3 N–H and O–H groups in total. The Morgan fingerprint density at radius 3 is 2.45 bits per heavy atom. The number of amides is 2. The Balaban J connectivity index is 2.22. The average Bonchev–Trinajstić information content (AvgIpc) is 2.40. The zero-order chi connectivity index (χ0) is 14.7. The Hall–Kier alpha value is -2.33. The van der Waals surface area contributed by atoms with Crippen LogP contribution >= 0.6 is 11.6 Å². The predicted molar refractivity (Wildman–Crippen MR) is 79.1 cm³/mol. The molecule has 0 aliphatic rings. The largest absolute Gasteiger partial charge is 0.366 e. The number of aryl methyl sites for hydroxylation is 1. The van der Waals surface area contributed by atoms with Gasteiger partial charge in [-0.3, -0.25) is 9.59 Å². The number of halogens is 1. The van der Waals surface area contributed by atoms with E-state index in [1.807, 2.05) is 0 Å². The van der Waals surface area contributed by atoms with Crippen molar-refractivity contribution < 1.29 is 9.59 Å². The fourth-order valence-corrected chi connectivity index (χ4v) is 1.97. The van der Waals surface area contributed by atoms with E-state index in [-0.39, 0.29) is 5.91 Å².